The Morgan fingerprint density at radius 1 is 1.10 bits per heavy atom. The van der Waals surface area contributed by atoms with Crippen LogP contribution >= 0.6 is 0 Å². The highest BCUT2D eigenvalue weighted by Gasteiger charge is 2.28. The van der Waals surface area contributed by atoms with Crippen LogP contribution in [0.1, 0.15) is 59.2 Å². The molecule has 152 valence electrons. The van der Waals surface area contributed by atoms with Crippen LogP contribution in [-0.2, 0) is 22.6 Å². The first-order chi connectivity index (χ1) is 13.9. The Hall–Kier alpha value is -3.15. The number of carbonyl (C=O) groups excluding carboxylic acids is 2. The average molecular weight is 394 g/mol. The number of benzene rings is 2. The monoisotopic (exact) mass is 394 g/mol. The summed E-state index contributed by atoms with van der Waals surface area (Å²) in [6.45, 7) is 1.83. The van der Waals surface area contributed by atoms with Gasteiger partial charge >= 0.3 is 5.97 Å². The van der Waals surface area contributed by atoms with Crippen LogP contribution in [0.3, 0.4) is 0 Å². The zero-order valence-corrected chi connectivity index (χ0v) is 16.5. The molecule has 0 fully saturated rings. The molecular formula is C23H26N2O4. The molecule has 1 aliphatic rings. The van der Waals surface area contributed by atoms with E-state index in [0.29, 0.717) is 18.5 Å². The van der Waals surface area contributed by atoms with E-state index in [1.165, 1.54) is 18.1 Å². The molecule has 0 radical (unpaired) electrons. The molecule has 0 spiro atoms. The minimum absolute atomic E-state index is 0.125. The largest absolute Gasteiger partial charge is 0.480 e. The van der Waals surface area contributed by atoms with Gasteiger partial charge in [0.15, 0.2) is 0 Å². The number of rotatable bonds is 7. The molecule has 2 aromatic carbocycles. The third kappa shape index (κ3) is 5.44. The van der Waals surface area contributed by atoms with E-state index in [-0.39, 0.29) is 11.8 Å². The summed E-state index contributed by atoms with van der Waals surface area (Å²) in [5.74, 6) is -1.43. The van der Waals surface area contributed by atoms with Gasteiger partial charge in [-0.05, 0) is 60.4 Å². The highest BCUT2D eigenvalue weighted by molar-refractivity contribution is 5.96. The summed E-state index contributed by atoms with van der Waals surface area (Å²) < 4.78 is 0. The van der Waals surface area contributed by atoms with Crippen molar-refractivity contribution in [1.82, 2.24) is 10.6 Å². The van der Waals surface area contributed by atoms with Gasteiger partial charge in [0.05, 0.1) is 0 Å². The molecule has 2 atom stereocenters. The van der Waals surface area contributed by atoms with Crippen molar-refractivity contribution < 1.29 is 19.5 Å². The van der Waals surface area contributed by atoms with Gasteiger partial charge in [-0.25, -0.2) is 4.79 Å². The molecule has 2 amide bonds. The first-order valence-corrected chi connectivity index (χ1v) is 9.89. The first-order valence-electron chi connectivity index (χ1n) is 9.89. The Bertz CT molecular complexity index is 892. The van der Waals surface area contributed by atoms with E-state index in [1.807, 2.05) is 12.1 Å². The molecular weight excluding hydrogens is 368 g/mol. The Balaban J connectivity index is 1.66. The Morgan fingerprint density at radius 3 is 2.52 bits per heavy atom. The summed E-state index contributed by atoms with van der Waals surface area (Å²) in [5.41, 5.74) is 3.73. The Kier molecular flexibility index (Phi) is 6.65. The highest BCUT2D eigenvalue weighted by atomic mass is 16.4. The number of aliphatic carboxylic acids is 1. The van der Waals surface area contributed by atoms with Crippen LogP contribution in [0.4, 0.5) is 0 Å². The van der Waals surface area contributed by atoms with Crippen molar-refractivity contribution in [3.63, 3.8) is 0 Å². The van der Waals surface area contributed by atoms with Gasteiger partial charge < -0.3 is 15.7 Å². The molecule has 6 nitrogen and oxygen atoms in total. The average Bonchev–Trinajstić information content (AvgIpc) is 2.72. The number of amides is 2. The molecule has 0 bridgehead atoms. The third-order valence-electron chi connectivity index (χ3n) is 5.37. The predicted molar refractivity (Wildman–Crippen MR) is 110 cm³/mol. The van der Waals surface area contributed by atoms with E-state index in [9.17, 15) is 19.5 Å². The quantitative estimate of drug-likeness (QED) is 0.673. The van der Waals surface area contributed by atoms with Gasteiger partial charge in [0, 0.05) is 19.0 Å². The molecule has 0 aromatic heterocycles. The van der Waals surface area contributed by atoms with Crippen LogP contribution in [0.15, 0.2) is 48.5 Å². The lowest BCUT2D eigenvalue weighted by molar-refractivity contribution is -0.139. The number of fused-ring (bicyclic) bond motifs is 1. The second-order valence-corrected chi connectivity index (χ2v) is 7.49. The summed E-state index contributed by atoms with van der Waals surface area (Å²) in [5, 5.41) is 15.0. The van der Waals surface area contributed by atoms with Crippen molar-refractivity contribution in [3.05, 3.63) is 70.8 Å². The van der Waals surface area contributed by atoms with Crippen LogP contribution in [-0.4, -0.2) is 28.9 Å². The fourth-order valence-corrected chi connectivity index (χ4v) is 3.85. The zero-order valence-electron chi connectivity index (χ0n) is 16.5. The van der Waals surface area contributed by atoms with Crippen LogP contribution in [0.2, 0.25) is 0 Å². The maximum Gasteiger partial charge on any atom is 0.326 e. The smallest absolute Gasteiger partial charge is 0.326 e. The number of nitrogens with one attached hydrogen (secondary N) is 2. The van der Waals surface area contributed by atoms with Crippen LogP contribution < -0.4 is 10.6 Å². The van der Waals surface area contributed by atoms with Crippen molar-refractivity contribution in [3.8, 4) is 0 Å². The molecule has 3 rings (SSSR count). The van der Waals surface area contributed by atoms with Crippen LogP contribution in [0.25, 0.3) is 0 Å². The van der Waals surface area contributed by atoms with E-state index in [2.05, 4.69) is 22.8 Å². The summed E-state index contributed by atoms with van der Waals surface area (Å²) in [4.78, 5) is 35.4. The normalized spacial score (nSPS) is 16.4. The summed E-state index contributed by atoms with van der Waals surface area (Å²) in [6.07, 6.45) is 3.34. The lowest BCUT2D eigenvalue weighted by Crippen LogP contribution is -2.42. The SMILES string of the molecule is CC(=O)NCc1ccc(C(=O)NC(CC2CCCc3ccccc32)C(=O)O)cc1. The molecule has 3 N–H and O–H groups in total. The van der Waals surface area contributed by atoms with E-state index in [4.69, 9.17) is 0 Å². The summed E-state index contributed by atoms with van der Waals surface area (Å²) in [6, 6.07) is 14.0. The van der Waals surface area contributed by atoms with Gasteiger partial charge in [-0.15, -0.1) is 0 Å². The first kappa shape index (κ1) is 20.6. The van der Waals surface area contributed by atoms with Crippen molar-refractivity contribution in [1.29, 1.82) is 0 Å². The van der Waals surface area contributed by atoms with Gasteiger partial charge in [0.2, 0.25) is 5.91 Å². The molecule has 29 heavy (non-hydrogen) atoms. The van der Waals surface area contributed by atoms with E-state index in [0.717, 1.165) is 24.8 Å². The van der Waals surface area contributed by atoms with Crippen LogP contribution in [0, 0.1) is 0 Å². The van der Waals surface area contributed by atoms with Gasteiger partial charge in [-0.3, -0.25) is 9.59 Å². The van der Waals surface area contributed by atoms with Crippen molar-refractivity contribution in [2.75, 3.05) is 0 Å². The van der Waals surface area contributed by atoms with Gasteiger partial charge in [0.25, 0.3) is 5.91 Å². The lowest BCUT2D eigenvalue weighted by Gasteiger charge is -2.28. The molecule has 6 heteroatoms. The number of hydrogen-bond donors (Lipinski definition) is 3. The summed E-state index contributed by atoms with van der Waals surface area (Å²) in [7, 11) is 0. The molecule has 1 aliphatic carbocycles. The van der Waals surface area contributed by atoms with E-state index in [1.54, 1.807) is 24.3 Å². The van der Waals surface area contributed by atoms with E-state index >= 15 is 0 Å². The van der Waals surface area contributed by atoms with E-state index < -0.39 is 17.9 Å². The zero-order chi connectivity index (χ0) is 20.8. The molecule has 2 unspecified atom stereocenters. The third-order valence-corrected chi connectivity index (χ3v) is 5.37. The fourth-order valence-electron chi connectivity index (χ4n) is 3.85. The van der Waals surface area contributed by atoms with Gasteiger partial charge in [0.1, 0.15) is 6.04 Å². The fraction of sp³-hybridized carbons (Fsp3) is 0.348. The molecule has 0 saturated heterocycles. The number of aryl methyl sites for hydroxylation is 1. The van der Waals surface area contributed by atoms with Crippen LogP contribution in [0.5, 0.6) is 0 Å². The highest BCUT2D eigenvalue weighted by Crippen LogP contribution is 2.34. The van der Waals surface area contributed by atoms with Crippen molar-refractivity contribution in [2.45, 2.75) is 51.1 Å². The minimum Gasteiger partial charge on any atom is -0.480 e. The topological polar surface area (TPSA) is 95.5 Å². The number of carboxylic acids is 1. The molecule has 0 aliphatic heterocycles. The molecule has 0 heterocycles. The second-order valence-electron chi connectivity index (χ2n) is 7.49. The maximum absolute atomic E-state index is 12.6. The summed E-state index contributed by atoms with van der Waals surface area (Å²) >= 11 is 0. The number of carboxylic acid groups (broad SMARTS) is 1. The van der Waals surface area contributed by atoms with Gasteiger partial charge in [-0.2, -0.15) is 0 Å². The van der Waals surface area contributed by atoms with Crippen molar-refractivity contribution >= 4 is 17.8 Å². The Labute approximate surface area is 170 Å². The molecule has 0 saturated carbocycles. The number of hydrogen-bond acceptors (Lipinski definition) is 3. The standard InChI is InChI=1S/C23H26N2O4/c1-15(26)24-14-16-9-11-18(12-10-16)22(27)25-21(23(28)29)13-19-7-4-6-17-5-2-3-8-20(17)19/h2-3,5,8-12,19,21H,4,6-7,13-14H2,1H3,(H,24,26)(H,25,27)(H,28,29). The second kappa shape index (κ2) is 9.37. The van der Waals surface area contributed by atoms with Gasteiger partial charge in [-0.1, -0.05) is 36.4 Å². The molecule has 2 aromatic rings. The Morgan fingerprint density at radius 2 is 1.83 bits per heavy atom. The predicted octanol–water partition coefficient (Wildman–Crippen LogP) is 3.02. The lowest BCUT2D eigenvalue weighted by atomic mass is 9.79. The number of carbonyl (C=O) groups is 3. The maximum atomic E-state index is 12.6. The minimum atomic E-state index is -1.02. The van der Waals surface area contributed by atoms with Crippen molar-refractivity contribution in [2.24, 2.45) is 0 Å².